The standard InChI is InChI=1S/C13H12Cl3NO2/c1-13(2)7(6-9(14)15)10(13)12(18)19-8-4-3-5-17-11(8)16/h3-7,10H,1-2H3. The first kappa shape index (κ1) is 14.6. The minimum Gasteiger partial charge on any atom is -0.423 e. The van der Waals surface area contributed by atoms with E-state index in [1.165, 1.54) is 6.20 Å². The fourth-order valence-electron chi connectivity index (χ4n) is 2.19. The van der Waals surface area contributed by atoms with E-state index in [-0.39, 0.29) is 38.6 Å². The number of carbonyl (C=O) groups is 1. The van der Waals surface area contributed by atoms with Gasteiger partial charge in [0.1, 0.15) is 4.49 Å². The van der Waals surface area contributed by atoms with Crippen molar-refractivity contribution in [1.29, 1.82) is 0 Å². The Hall–Kier alpha value is -0.770. The zero-order valence-electron chi connectivity index (χ0n) is 10.4. The molecular weight excluding hydrogens is 309 g/mol. The molecule has 0 radical (unpaired) electrons. The van der Waals surface area contributed by atoms with E-state index in [1.54, 1.807) is 18.2 Å². The van der Waals surface area contributed by atoms with Gasteiger partial charge in [0.25, 0.3) is 0 Å². The predicted octanol–water partition coefficient (Wildman–Crippen LogP) is 4.23. The molecule has 1 aliphatic rings. The van der Waals surface area contributed by atoms with E-state index in [9.17, 15) is 4.79 Å². The molecule has 0 aliphatic heterocycles. The van der Waals surface area contributed by atoms with E-state index in [1.807, 2.05) is 13.8 Å². The van der Waals surface area contributed by atoms with Gasteiger partial charge in [-0.05, 0) is 29.5 Å². The van der Waals surface area contributed by atoms with E-state index in [0.29, 0.717) is 0 Å². The highest BCUT2D eigenvalue weighted by Crippen LogP contribution is 2.60. The topological polar surface area (TPSA) is 39.2 Å². The summed E-state index contributed by atoms with van der Waals surface area (Å²) in [7, 11) is 0. The Bertz CT molecular complexity index is 538. The first-order valence-electron chi connectivity index (χ1n) is 5.69. The van der Waals surface area contributed by atoms with Crippen LogP contribution in [0.1, 0.15) is 13.8 Å². The average Bonchev–Trinajstić information content (AvgIpc) is 2.82. The number of aromatic nitrogens is 1. The summed E-state index contributed by atoms with van der Waals surface area (Å²) in [5, 5.41) is 0.164. The first-order chi connectivity index (χ1) is 8.84. The van der Waals surface area contributed by atoms with Crippen molar-refractivity contribution in [2.24, 2.45) is 17.3 Å². The number of pyridine rings is 1. The van der Waals surface area contributed by atoms with Crippen molar-refractivity contribution in [3.05, 3.63) is 34.1 Å². The molecule has 102 valence electrons. The van der Waals surface area contributed by atoms with Crippen LogP contribution in [0.2, 0.25) is 5.15 Å². The molecule has 2 rings (SSSR count). The SMILES string of the molecule is CC1(C)C(C=C(Cl)Cl)C1C(=O)Oc1cccnc1Cl. The summed E-state index contributed by atoms with van der Waals surface area (Å²) >= 11 is 17.1. The van der Waals surface area contributed by atoms with E-state index in [4.69, 9.17) is 39.5 Å². The normalized spacial score (nSPS) is 23.6. The van der Waals surface area contributed by atoms with Crippen molar-refractivity contribution in [3.8, 4) is 5.75 Å². The number of halogens is 3. The van der Waals surface area contributed by atoms with Gasteiger partial charge in [-0.1, -0.05) is 48.7 Å². The fourth-order valence-corrected chi connectivity index (χ4v) is 2.62. The zero-order chi connectivity index (χ0) is 14.2. The fraction of sp³-hybridized carbons (Fsp3) is 0.385. The molecule has 0 bridgehead atoms. The van der Waals surface area contributed by atoms with Crippen LogP contribution in [0.3, 0.4) is 0 Å². The Morgan fingerprint density at radius 2 is 2.16 bits per heavy atom. The van der Waals surface area contributed by atoms with Crippen LogP contribution in [-0.4, -0.2) is 11.0 Å². The summed E-state index contributed by atoms with van der Waals surface area (Å²) in [5.74, 6) is -0.399. The Morgan fingerprint density at radius 1 is 1.47 bits per heavy atom. The van der Waals surface area contributed by atoms with Crippen LogP contribution >= 0.6 is 34.8 Å². The summed E-state index contributed by atoms with van der Waals surface area (Å²) in [6, 6.07) is 3.25. The third-order valence-corrected chi connectivity index (χ3v) is 3.94. The quantitative estimate of drug-likeness (QED) is 0.618. The molecule has 1 saturated carbocycles. The molecule has 1 aliphatic carbocycles. The molecule has 1 aromatic heterocycles. The highest BCUT2D eigenvalue weighted by molar-refractivity contribution is 6.55. The smallest absolute Gasteiger partial charge is 0.315 e. The lowest BCUT2D eigenvalue weighted by Crippen LogP contribution is -2.14. The second-order valence-electron chi connectivity index (χ2n) is 4.99. The number of nitrogens with zero attached hydrogens (tertiary/aromatic N) is 1. The lowest BCUT2D eigenvalue weighted by atomic mass is 10.1. The van der Waals surface area contributed by atoms with Gasteiger partial charge in [0.2, 0.25) is 0 Å². The monoisotopic (exact) mass is 319 g/mol. The maximum atomic E-state index is 12.1. The Morgan fingerprint density at radius 3 is 2.74 bits per heavy atom. The highest BCUT2D eigenvalue weighted by Gasteiger charge is 2.61. The molecule has 0 aromatic carbocycles. The van der Waals surface area contributed by atoms with E-state index in [0.717, 1.165) is 0 Å². The number of hydrogen-bond acceptors (Lipinski definition) is 3. The van der Waals surface area contributed by atoms with Gasteiger partial charge in [-0.3, -0.25) is 4.79 Å². The maximum absolute atomic E-state index is 12.1. The second-order valence-corrected chi connectivity index (χ2v) is 6.36. The Kier molecular flexibility index (Phi) is 4.09. The van der Waals surface area contributed by atoms with Crippen LogP contribution < -0.4 is 4.74 Å². The summed E-state index contributed by atoms with van der Waals surface area (Å²) in [5.41, 5.74) is -0.221. The summed E-state index contributed by atoms with van der Waals surface area (Å²) in [4.78, 5) is 16.0. The molecule has 6 heteroatoms. The molecule has 0 spiro atoms. The molecule has 2 atom stereocenters. The average molecular weight is 321 g/mol. The number of ether oxygens (including phenoxy) is 1. The third-order valence-electron chi connectivity index (χ3n) is 3.41. The minimum absolute atomic E-state index is 0.0274. The van der Waals surface area contributed by atoms with Crippen LogP contribution in [0, 0.1) is 17.3 Å². The van der Waals surface area contributed by atoms with Gasteiger partial charge in [0.15, 0.2) is 10.9 Å². The zero-order valence-corrected chi connectivity index (χ0v) is 12.6. The Balaban J connectivity index is 2.10. The molecule has 1 heterocycles. The maximum Gasteiger partial charge on any atom is 0.315 e. The summed E-state index contributed by atoms with van der Waals surface area (Å²) in [6.07, 6.45) is 3.19. The predicted molar refractivity (Wildman–Crippen MR) is 75.4 cm³/mol. The van der Waals surface area contributed by atoms with E-state index in [2.05, 4.69) is 4.98 Å². The largest absolute Gasteiger partial charge is 0.423 e. The summed E-state index contributed by atoms with van der Waals surface area (Å²) < 4.78 is 5.43. The van der Waals surface area contributed by atoms with Gasteiger partial charge in [-0.2, -0.15) is 0 Å². The molecule has 0 amide bonds. The highest BCUT2D eigenvalue weighted by atomic mass is 35.5. The minimum atomic E-state index is -0.351. The third kappa shape index (κ3) is 3.04. The van der Waals surface area contributed by atoms with Gasteiger partial charge in [0, 0.05) is 6.20 Å². The first-order valence-corrected chi connectivity index (χ1v) is 6.82. The number of rotatable bonds is 3. The Labute approximate surface area is 126 Å². The second kappa shape index (κ2) is 5.31. The molecule has 1 fully saturated rings. The molecular formula is C13H12Cl3NO2. The number of allylic oxidation sites excluding steroid dienone is 1. The summed E-state index contributed by atoms with van der Waals surface area (Å²) in [6.45, 7) is 3.92. The lowest BCUT2D eigenvalue weighted by molar-refractivity contribution is -0.136. The van der Waals surface area contributed by atoms with Crippen LogP contribution in [0.5, 0.6) is 5.75 Å². The van der Waals surface area contributed by atoms with Gasteiger partial charge >= 0.3 is 5.97 Å². The van der Waals surface area contributed by atoms with Gasteiger partial charge in [0.05, 0.1) is 5.92 Å². The van der Waals surface area contributed by atoms with Crippen molar-refractivity contribution < 1.29 is 9.53 Å². The van der Waals surface area contributed by atoms with Gasteiger partial charge in [-0.15, -0.1) is 0 Å². The molecule has 2 unspecified atom stereocenters. The van der Waals surface area contributed by atoms with Gasteiger partial charge < -0.3 is 4.74 Å². The van der Waals surface area contributed by atoms with Crippen molar-refractivity contribution >= 4 is 40.8 Å². The van der Waals surface area contributed by atoms with Crippen LogP contribution in [0.25, 0.3) is 0 Å². The van der Waals surface area contributed by atoms with Gasteiger partial charge in [-0.25, -0.2) is 4.98 Å². The van der Waals surface area contributed by atoms with Crippen molar-refractivity contribution in [2.75, 3.05) is 0 Å². The number of esters is 1. The number of hydrogen-bond donors (Lipinski definition) is 0. The molecule has 19 heavy (non-hydrogen) atoms. The van der Waals surface area contributed by atoms with Crippen molar-refractivity contribution in [2.45, 2.75) is 13.8 Å². The van der Waals surface area contributed by atoms with Crippen molar-refractivity contribution in [3.63, 3.8) is 0 Å². The van der Waals surface area contributed by atoms with Crippen LogP contribution in [-0.2, 0) is 4.79 Å². The molecule has 0 N–H and O–H groups in total. The number of carbonyl (C=O) groups excluding carboxylic acids is 1. The molecule has 1 aromatic rings. The van der Waals surface area contributed by atoms with Crippen molar-refractivity contribution in [1.82, 2.24) is 4.98 Å². The van der Waals surface area contributed by atoms with E-state index >= 15 is 0 Å². The van der Waals surface area contributed by atoms with E-state index < -0.39 is 0 Å². The molecule has 3 nitrogen and oxygen atoms in total. The molecule has 0 saturated heterocycles. The lowest BCUT2D eigenvalue weighted by Gasteiger charge is -2.05. The van der Waals surface area contributed by atoms with Crippen LogP contribution in [0.4, 0.5) is 0 Å². The van der Waals surface area contributed by atoms with Crippen LogP contribution in [0.15, 0.2) is 28.9 Å².